The number of fused-ring (bicyclic) bond motifs is 1. The number of amides is 1. The van der Waals surface area contributed by atoms with E-state index in [1.165, 1.54) is 32.4 Å². The highest BCUT2D eigenvalue weighted by Gasteiger charge is 2.25. The van der Waals surface area contributed by atoms with Gasteiger partial charge in [0.2, 0.25) is 0 Å². The summed E-state index contributed by atoms with van der Waals surface area (Å²) in [7, 11) is 0. The van der Waals surface area contributed by atoms with E-state index in [0.29, 0.717) is 31.0 Å². The van der Waals surface area contributed by atoms with Gasteiger partial charge in [0.1, 0.15) is 12.4 Å². The van der Waals surface area contributed by atoms with Gasteiger partial charge in [-0.3, -0.25) is 9.69 Å². The van der Waals surface area contributed by atoms with Crippen molar-refractivity contribution in [1.29, 1.82) is 0 Å². The van der Waals surface area contributed by atoms with Gasteiger partial charge in [-0.25, -0.2) is 9.50 Å². The van der Waals surface area contributed by atoms with Crippen LogP contribution in [0.4, 0.5) is 0 Å². The van der Waals surface area contributed by atoms with Crippen LogP contribution in [-0.2, 0) is 11.3 Å². The molecule has 1 amide bonds. The first-order valence-electron chi connectivity index (χ1n) is 12.4. The molecule has 2 fully saturated rings. The summed E-state index contributed by atoms with van der Waals surface area (Å²) in [6.45, 7) is 5.83. The average molecular weight is 464 g/mol. The van der Waals surface area contributed by atoms with Crippen molar-refractivity contribution in [2.24, 2.45) is 0 Å². The summed E-state index contributed by atoms with van der Waals surface area (Å²) in [5.74, 6) is 0.757. The maximum Gasteiger partial charge on any atom is 0.274 e. The van der Waals surface area contributed by atoms with E-state index < -0.39 is 0 Å². The third-order valence-corrected chi connectivity index (χ3v) is 6.61. The quantitative estimate of drug-likeness (QED) is 0.484. The van der Waals surface area contributed by atoms with E-state index in [2.05, 4.69) is 15.0 Å². The molecule has 2 aromatic heterocycles. The molecule has 2 aliphatic rings. The predicted octanol–water partition coefficient (Wildman–Crippen LogP) is 3.42. The number of carbonyl (C=O) groups is 1. The van der Waals surface area contributed by atoms with E-state index in [-0.39, 0.29) is 12.0 Å². The van der Waals surface area contributed by atoms with Crippen molar-refractivity contribution in [1.82, 2.24) is 24.4 Å². The van der Waals surface area contributed by atoms with E-state index in [9.17, 15) is 4.79 Å². The van der Waals surface area contributed by atoms with Crippen molar-refractivity contribution >= 4 is 11.6 Å². The number of benzene rings is 1. The first-order chi connectivity index (χ1) is 16.7. The van der Waals surface area contributed by atoms with E-state index in [1.54, 1.807) is 29.0 Å². The lowest BCUT2D eigenvalue weighted by atomic mass is 10.1. The van der Waals surface area contributed by atoms with Crippen LogP contribution >= 0.6 is 0 Å². The highest BCUT2D eigenvalue weighted by Crippen LogP contribution is 2.19. The Kier molecular flexibility index (Phi) is 7.36. The summed E-state index contributed by atoms with van der Waals surface area (Å²) in [6, 6.07) is 11.6. The molecule has 0 unspecified atom stereocenters. The van der Waals surface area contributed by atoms with Crippen LogP contribution in [-0.4, -0.2) is 75.8 Å². The van der Waals surface area contributed by atoms with Crippen LogP contribution < -0.4 is 4.74 Å². The number of aromatic nitrogens is 3. The third kappa shape index (κ3) is 5.74. The van der Waals surface area contributed by atoms with Gasteiger partial charge in [0, 0.05) is 44.7 Å². The number of ether oxygens (including phenoxy) is 2. The molecule has 5 rings (SSSR count). The zero-order chi connectivity index (χ0) is 23.2. The van der Waals surface area contributed by atoms with Crippen molar-refractivity contribution in [3.63, 3.8) is 0 Å². The maximum atomic E-state index is 13.4. The lowest BCUT2D eigenvalue weighted by Gasteiger charge is -2.26. The van der Waals surface area contributed by atoms with Crippen LogP contribution in [0.3, 0.4) is 0 Å². The van der Waals surface area contributed by atoms with Crippen LogP contribution in [0.2, 0.25) is 0 Å². The number of hydrogen-bond acceptors (Lipinski definition) is 6. The second kappa shape index (κ2) is 11.0. The number of piperidine rings is 1. The van der Waals surface area contributed by atoms with E-state index in [0.717, 1.165) is 37.3 Å². The van der Waals surface area contributed by atoms with Gasteiger partial charge in [-0.05, 0) is 62.5 Å². The Morgan fingerprint density at radius 2 is 2.00 bits per heavy atom. The van der Waals surface area contributed by atoms with Gasteiger partial charge >= 0.3 is 0 Å². The fraction of sp³-hybridized carbons (Fsp3) is 0.500. The van der Waals surface area contributed by atoms with Gasteiger partial charge in [0.15, 0.2) is 11.3 Å². The predicted molar refractivity (Wildman–Crippen MR) is 129 cm³/mol. The van der Waals surface area contributed by atoms with Crippen molar-refractivity contribution in [3.05, 3.63) is 60.0 Å². The summed E-state index contributed by atoms with van der Waals surface area (Å²) in [5.41, 5.74) is 2.11. The summed E-state index contributed by atoms with van der Waals surface area (Å²) < 4.78 is 13.4. The molecule has 0 radical (unpaired) electrons. The SMILES string of the molecule is O=C(c1cc2ncccn2n1)N(Cc1ccc(OCCN2CCCCC2)cc1)C[C@@H]1CCCO1. The van der Waals surface area contributed by atoms with Crippen LogP contribution in [0, 0.1) is 0 Å². The Balaban J connectivity index is 1.22. The number of nitrogens with zero attached hydrogens (tertiary/aromatic N) is 5. The third-order valence-electron chi connectivity index (χ3n) is 6.61. The monoisotopic (exact) mass is 463 g/mol. The fourth-order valence-corrected chi connectivity index (χ4v) is 4.74. The standard InChI is InChI=1S/C26H33N5O3/c32-26(24-18-25-27-11-5-14-31(25)28-24)30(20-23-6-4-16-33-23)19-21-7-9-22(10-8-21)34-17-15-29-12-2-1-3-13-29/h5,7-11,14,18,23H,1-4,6,12-13,15-17,19-20H2/t23-/m0/s1. The Morgan fingerprint density at radius 1 is 1.15 bits per heavy atom. The van der Waals surface area contributed by atoms with Gasteiger partial charge in [-0.15, -0.1) is 0 Å². The normalized spacial score (nSPS) is 18.9. The molecule has 8 heteroatoms. The molecule has 8 nitrogen and oxygen atoms in total. The maximum absolute atomic E-state index is 13.4. The molecule has 3 aromatic rings. The zero-order valence-corrected chi connectivity index (χ0v) is 19.6. The second-order valence-electron chi connectivity index (χ2n) is 9.17. The Labute approximate surface area is 200 Å². The lowest BCUT2D eigenvalue weighted by Crippen LogP contribution is -2.37. The Hall–Kier alpha value is -2.97. The second-order valence-corrected chi connectivity index (χ2v) is 9.17. The van der Waals surface area contributed by atoms with Gasteiger partial charge in [-0.1, -0.05) is 18.6 Å². The molecule has 34 heavy (non-hydrogen) atoms. The van der Waals surface area contributed by atoms with Crippen molar-refractivity contribution < 1.29 is 14.3 Å². The van der Waals surface area contributed by atoms with Crippen molar-refractivity contribution in [2.45, 2.75) is 44.8 Å². The van der Waals surface area contributed by atoms with Gasteiger partial charge in [0.25, 0.3) is 5.91 Å². The number of likely N-dealkylation sites (tertiary alicyclic amines) is 1. The largest absolute Gasteiger partial charge is 0.492 e. The highest BCUT2D eigenvalue weighted by atomic mass is 16.5. The molecule has 0 aliphatic carbocycles. The van der Waals surface area contributed by atoms with Crippen molar-refractivity contribution in [2.75, 3.05) is 39.4 Å². The first-order valence-corrected chi connectivity index (χ1v) is 12.4. The average Bonchev–Trinajstić information content (AvgIpc) is 3.55. The lowest BCUT2D eigenvalue weighted by molar-refractivity contribution is 0.0502. The summed E-state index contributed by atoms with van der Waals surface area (Å²) >= 11 is 0. The van der Waals surface area contributed by atoms with E-state index >= 15 is 0 Å². The summed E-state index contributed by atoms with van der Waals surface area (Å²) in [5, 5.41) is 4.43. The molecule has 4 heterocycles. The first kappa shape index (κ1) is 22.8. The molecule has 0 spiro atoms. The summed E-state index contributed by atoms with van der Waals surface area (Å²) in [6.07, 6.45) is 9.51. The minimum absolute atomic E-state index is 0.0662. The van der Waals surface area contributed by atoms with Gasteiger partial charge < -0.3 is 14.4 Å². The number of carbonyl (C=O) groups excluding carboxylic acids is 1. The van der Waals surface area contributed by atoms with Gasteiger partial charge in [-0.2, -0.15) is 5.10 Å². The molecular formula is C26H33N5O3. The highest BCUT2D eigenvalue weighted by molar-refractivity contribution is 5.93. The van der Waals surface area contributed by atoms with Crippen LogP contribution in [0.15, 0.2) is 48.8 Å². The topological polar surface area (TPSA) is 72.2 Å². The molecule has 2 saturated heterocycles. The Morgan fingerprint density at radius 3 is 2.76 bits per heavy atom. The van der Waals surface area contributed by atoms with Crippen LogP contribution in [0.5, 0.6) is 5.75 Å². The van der Waals surface area contributed by atoms with E-state index in [1.807, 2.05) is 29.2 Å². The fourth-order valence-electron chi connectivity index (χ4n) is 4.74. The zero-order valence-electron chi connectivity index (χ0n) is 19.6. The molecule has 180 valence electrons. The molecule has 0 bridgehead atoms. The minimum Gasteiger partial charge on any atom is -0.492 e. The minimum atomic E-state index is -0.108. The molecule has 0 N–H and O–H groups in total. The molecule has 1 aromatic carbocycles. The molecular weight excluding hydrogens is 430 g/mol. The van der Waals surface area contributed by atoms with Crippen LogP contribution in [0.25, 0.3) is 5.65 Å². The van der Waals surface area contributed by atoms with Crippen molar-refractivity contribution in [3.8, 4) is 5.75 Å². The number of hydrogen-bond donors (Lipinski definition) is 0. The molecule has 0 saturated carbocycles. The van der Waals surface area contributed by atoms with Gasteiger partial charge in [0.05, 0.1) is 6.10 Å². The molecule has 2 aliphatic heterocycles. The van der Waals surface area contributed by atoms with E-state index in [4.69, 9.17) is 9.47 Å². The molecule has 1 atom stereocenters. The number of rotatable bonds is 9. The Bertz CT molecular complexity index is 1040. The summed E-state index contributed by atoms with van der Waals surface area (Å²) in [4.78, 5) is 22.0. The van der Waals surface area contributed by atoms with Crippen LogP contribution in [0.1, 0.15) is 48.2 Å². The smallest absolute Gasteiger partial charge is 0.274 e.